The number of rotatable bonds is 4. The molecule has 146 valence electrons. The van der Waals surface area contributed by atoms with Crippen molar-refractivity contribution in [3.8, 4) is 5.75 Å². The van der Waals surface area contributed by atoms with Crippen molar-refractivity contribution < 1.29 is 9.90 Å². The van der Waals surface area contributed by atoms with Crippen LogP contribution in [0.5, 0.6) is 5.75 Å². The summed E-state index contributed by atoms with van der Waals surface area (Å²) in [6.45, 7) is 11.9. The number of carbonyl (C=O) groups is 1. The minimum absolute atomic E-state index is 0.158. The van der Waals surface area contributed by atoms with Crippen molar-refractivity contribution in [1.82, 2.24) is 4.90 Å². The number of hydrogen-bond donors (Lipinski definition) is 1. The number of likely N-dealkylation sites (tertiary alicyclic amines) is 1. The maximum Gasteiger partial charge on any atom is 0.219 e. The second-order valence-corrected chi connectivity index (χ2v) is 8.83. The summed E-state index contributed by atoms with van der Waals surface area (Å²) in [7, 11) is 0. The third-order valence-corrected chi connectivity index (χ3v) is 6.03. The molecule has 1 amide bonds. The Balaban J connectivity index is 1.83. The highest BCUT2D eigenvalue weighted by Gasteiger charge is 2.30. The fourth-order valence-corrected chi connectivity index (χ4v) is 4.69. The van der Waals surface area contributed by atoms with Gasteiger partial charge in [0.2, 0.25) is 5.91 Å². The molecule has 1 saturated heterocycles. The van der Waals surface area contributed by atoms with Gasteiger partial charge >= 0.3 is 0 Å². The first-order chi connectivity index (χ1) is 12.7. The van der Waals surface area contributed by atoms with Gasteiger partial charge in [0.25, 0.3) is 0 Å². The van der Waals surface area contributed by atoms with Crippen LogP contribution in [-0.2, 0) is 11.2 Å². The predicted octanol–water partition coefficient (Wildman–Crippen LogP) is 5.13. The first kappa shape index (κ1) is 19.7. The lowest BCUT2D eigenvalue weighted by molar-refractivity contribution is -0.134. The molecule has 0 bridgehead atoms. The molecule has 3 rings (SSSR count). The smallest absolute Gasteiger partial charge is 0.219 e. The summed E-state index contributed by atoms with van der Waals surface area (Å²) in [6, 6.07) is 4.19. The number of aromatic hydroxyl groups is 1. The third-order valence-electron chi connectivity index (χ3n) is 6.03. The van der Waals surface area contributed by atoms with Crippen LogP contribution < -0.4 is 0 Å². The topological polar surface area (TPSA) is 40.5 Å². The molecule has 0 radical (unpaired) electrons. The highest BCUT2D eigenvalue weighted by molar-refractivity contribution is 5.74. The van der Waals surface area contributed by atoms with Gasteiger partial charge in [0, 0.05) is 31.5 Å². The number of phenolic OH excluding ortho intramolecular Hbond substituents is 1. The lowest BCUT2D eigenvalue weighted by atomic mass is 9.74. The molecule has 1 aromatic carbocycles. The Morgan fingerprint density at radius 3 is 2.52 bits per heavy atom. The molecule has 1 heterocycles. The van der Waals surface area contributed by atoms with E-state index in [1.54, 1.807) is 6.92 Å². The normalized spacial score (nSPS) is 22.9. The van der Waals surface area contributed by atoms with Crippen molar-refractivity contribution in [2.24, 2.45) is 11.8 Å². The fourth-order valence-electron chi connectivity index (χ4n) is 4.69. The minimum Gasteiger partial charge on any atom is -0.508 e. The van der Waals surface area contributed by atoms with Crippen LogP contribution in [0, 0.1) is 18.8 Å². The maximum absolute atomic E-state index is 11.4. The van der Waals surface area contributed by atoms with Crippen molar-refractivity contribution in [1.29, 1.82) is 0 Å². The van der Waals surface area contributed by atoms with Crippen molar-refractivity contribution in [3.05, 3.63) is 52.1 Å². The first-order valence-corrected chi connectivity index (χ1v) is 10.1. The lowest BCUT2D eigenvalue weighted by Crippen LogP contribution is -2.49. The zero-order valence-electron chi connectivity index (χ0n) is 17.4. The Bertz CT molecular complexity index is 757. The highest BCUT2D eigenvalue weighted by atomic mass is 16.3. The van der Waals surface area contributed by atoms with E-state index in [4.69, 9.17) is 0 Å². The van der Waals surface area contributed by atoms with E-state index in [0.29, 0.717) is 17.6 Å². The summed E-state index contributed by atoms with van der Waals surface area (Å²) in [5.41, 5.74) is 6.19. The van der Waals surface area contributed by atoms with Crippen molar-refractivity contribution in [3.63, 3.8) is 0 Å². The minimum atomic E-state index is 0.158. The van der Waals surface area contributed by atoms with Gasteiger partial charge in [-0.1, -0.05) is 29.4 Å². The Hall–Kier alpha value is -2.03. The Morgan fingerprint density at radius 2 is 1.93 bits per heavy atom. The van der Waals surface area contributed by atoms with Crippen LogP contribution in [0.15, 0.2) is 35.4 Å². The summed E-state index contributed by atoms with van der Waals surface area (Å²) < 4.78 is 0. The van der Waals surface area contributed by atoms with Gasteiger partial charge in [-0.2, -0.15) is 0 Å². The molecular formula is C24H33NO2. The number of hydrogen-bond acceptors (Lipinski definition) is 2. The van der Waals surface area contributed by atoms with Gasteiger partial charge in [0.1, 0.15) is 5.75 Å². The van der Waals surface area contributed by atoms with Crippen LogP contribution in [-0.4, -0.2) is 29.0 Å². The Kier molecular flexibility index (Phi) is 5.78. The van der Waals surface area contributed by atoms with Crippen molar-refractivity contribution >= 4 is 5.91 Å². The third kappa shape index (κ3) is 4.45. The van der Waals surface area contributed by atoms with Crippen LogP contribution in [0.25, 0.3) is 0 Å². The van der Waals surface area contributed by atoms with Gasteiger partial charge in [-0.25, -0.2) is 0 Å². The Morgan fingerprint density at radius 1 is 1.22 bits per heavy atom. The van der Waals surface area contributed by atoms with Crippen LogP contribution in [0.2, 0.25) is 0 Å². The summed E-state index contributed by atoms with van der Waals surface area (Å²) in [4.78, 5) is 13.2. The molecular weight excluding hydrogens is 334 g/mol. The molecule has 2 aliphatic rings. The van der Waals surface area contributed by atoms with E-state index < -0.39 is 0 Å². The summed E-state index contributed by atoms with van der Waals surface area (Å²) in [5, 5.41) is 10.9. The van der Waals surface area contributed by atoms with Gasteiger partial charge in [-0.15, -0.1) is 0 Å². The molecule has 1 aliphatic heterocycles. The molecule has 3 nitrogen and oxygen atoms in total. The van der Waals surface area contributed by atoms with E-state index in [0.717, 1.165) is 37.9 Å². The Labute approximate surface area is 163 Å². The molecule has 1 aromatic rings. The average molecular weight is 368 g/mol. The second kappa shape index (κ2) is 7.92. The largest absolute Gasteiger partial charge is 0.508 e. The van der Waals surface area contributed by atoms with Gasteiger partial charge < -0.3 is 10.0 Å². The zero-order valence-corrected chi connectivity index (χ0v) is 17.4. The summed E-state index contributed by atoms with van der Waals surface area (Å²) in [5.74, 6) is 1.79. The van der Waals surface area contributed by atoms with Gasteiger partial charge in [-0.3, -0.25) is 4.79 Å². The number of carbonyl (C=O) groups excluding carboxylic acids is 1. The monoisotopic (exact) mass is 367 g/mol. The van der Waals surface area contributed by atoms with E-state index in [9.17, 15) is 9.90 Å². The van der Waals surface area contributed by atoms with Crippen LogP contribution in [0.3, 0.4) is 0 Å². The molecule has 1 aliphatic carbocycles. The van der Waals surface area contributed by atoms with Crippen LogP contribution in [0.4, 0.5) is 0 Å². The molecule has 0 unspecified atom stereocenters. The van der Waals surface area contributed by atoms with Gasteiger partial charge in [0.15, 0.2) is 0 Å². The van der Waals surface area contributed by atoms with Crippen molar-refractivity contribution in [2.45, 2.75) is 59.8 Å². The van der Waals surface area contributed by atoms with Crippen LogP contribution in [0.1, 0.15) is 63.1 Å². The lowest BCUT2D eigenvalue weighted by Gasteiger charge is -2.39. The average Bonchev–Trinajstić information content (AvgIpc) is 2.51. The molecule has 0 spiro atoms. The molecule has 1 N–H and O–H groups in total. The zero-order chi connectivity index (χ0) is 19.7. The number of allylic oxidation sites excluding steroid dienone is 4. The molecule has 2 atom stereocenters. The SMILES string of the molecule is CC(=O)N1CC(Cc2cc(C)c([C@@H]3C=C(C)CC[C@H]3C=C(C)C)c(O)c2)C1. The number of phenols is 1. The van der Waals surface area contributed by atoms with Crippen LogP contribution >= 0.6 is 0 Å². The highest BCUT2D eigenvalue weighted by Crippen LogP contribution is 2.43. The van der Waals surface area contributed by atoms with Crippen molar-refractivity contribution in [2.75, 3.05) is 13.1 Å². The molecule has 0 aromatic heterocycles. The van der Waals surface area contributed by atoms with E-state index in [1.807, 2.05) is 11.0 Å². The van der Waals surface area contributed by atoms with E-state index in [-0.39, 0.29) is 11.8 Å². The van der Waals surface area contributed by atoms with E-state index in [2.05, 4.69) is 45.9 Å². The molecule has 1 fully saturated rings. The summed E-state index contributed by atoms with van der Waals surface area (Å²) in [6.07, 6.45) is 7.92. The standard InChI is InChI=1S/C24H33NO2/c1-15(2)8-21-7-6-16(3)9-22(21)24-17(4)10-19(12-23(24)27)11-20-13-25(14-20)18(5)26/h8-10,12,20-22,27H,6-7,11,13-14H2,1-5H3/t21-,22+/m0/s1. The number of benzene rings is 1. The first-order valence-electron chi connectivity index (χ1n) is 10.1. The number of aryl methyl sites for hydroxylation is 1. The molecule has 27 heavy (non-hydrogen) atoms. The molecule has 3 heteroatoms. The van der Waals surface area contributed by atoms with E-state index >= 15 is 0 Å². The second-order valence-electron chi connectivity index (χ2n) is 8.83. The summed E-state index contributed by atoms with van der Waals surface area (Å²) >= 11 is 0. The predicted molar refractivity (Wildman–Crippen MR) is 111 cm³/mol. The van der Waals surface area contributed by atoms with Gasteiger partial charge in [0.05, 0.1) is 0 Å². The number of nitrogens with zero attached hydrogens (tertiary/aromatic N) is 1. The quantitative estimate of drug-likeness (QED) is 0.750. The maximum atomic E-state index is 11.4. The fraction of sp³-hybridized carbons (Fsp3) is 0.542. The number of amides is 1. The van der Waals surface area contributed by atoms with E-state index in [1.165, 1.54) is 22.3 Å². The van der Waals surface area contributed by atoms with Gasteiger partial charge in [-0.05, 0) is 76.0 Å². The molecule has 0 saturated carbocycles.